The largest absolute Gasteiger partial charge is 0.384 e. The van der Waals surface area contributed by atoms with Gasteiger partial charge in [-0.25, -0.2) is 0 Å². The molecule has 0 aromatic heterocycles. The van der Waals surface area contributed by atoms with Crippen molar-refractivity contribution in [3.8, 4) is 0 Å². The highest BCUT2D eigenvalue weighted by molar-refractivity contribution is 6.50. The van der Waals surface area contributed by atoms with Crippen LogP contribution >= 0.6 is 23.2 Å². The lowest BCUT2D eigenvalue weighted by Gasteiger charge is -2.21. The third kappa shape index (κ3) is 2.67. The Balaban J connectivity index is 2.17. The number of aliphatic hydroxyl groups is 1. The zero-order valence-electron chi connectivity index (χ0n) is 8.61. The molecule has 16 heavy (non-hydrogen) atoms. The van der Waals surface area contributed by atoms with Gasteiger partial charge in [-0.3, -0.25) is 0 Å². The molecule has 0 saturated carbocycles. The number of halogens is 2. The molecule has 1 nitrogen and oxygen atoms in total. The first-order chi connectivity index (χ1) is 7.58. The van der Waals surface area contributed by atoms with Crippen molar-refractivity contribution in [3.05, 3.63) is 59.7 Å². The van der Waals surface area contributed by atoms with E-state index in [1.165, 1.54) is 0 Å². The van der Waals surface area contributed by atoms with Crippen LogP contribution < -0.4 is 0 Å². The number of allylic oxidation sites excluding steroid dienone is 2. The summed E-state index contributed by atoms with van der Waals surface area (Å²) in [6.45, 7) is 0. The molecule has 0 fully saturated rings. The second kappa shape index (κ2) is 4.62. The summed E-state index contributed by atoms with van der Waals surface area (Å²) in [5.74, 6) is 0. The van der Waals surface area contributed by atoms with Gasteiger partial charge in [-0.1, -0.05) is 65.7 Å². The van der Waals surface area contributed by atoms with E-state index >= 15 is 0 Å². The Hall–Kier alpha value is -0.760. The van der Waals surface area contributed by atoms with E-state index in [4.69, 9.17) is 23.2 Å². The maximum atomic E-state index is 10.1. The fourth-order valence-electron chi connectivity index (χ4n) is 1.64. The van der Waals surface area contributed by atoms with Crippen LogP contribution in [-0.2, 0) is 0 Å². The molecule has 0 unspecified atom stereocenters. The highest BCUT2D eigenvalue weighted by Gasteiger charge is 2.23. The van der Waals surface area contributed by atoms with Gasteiger partial charge in [0.15, 0.2) is 0 Å². The van der Waals surface area contributed by atoms with Crippen LogP contribution in [0.3, 0.4) is 0 Å². The summed E-state index contributed by atoms with van der Waals surface area (Å²) >= 11 is 11.9. The normalized spacial score (nSPS) is 20.3. The minimum atomic E-state index is -0.833. The Labute approximate surface area is 105 Å². The van der Waals surface area contributed by atoms with Crippen molar-refractivity contribution in [2.45, 2.75) is 16.9 Å². The van der Waals surface area contributed by atoms with Crippen LogP contribution in [0.1, 0.15) is 18.1 Å². The average Bonchev–Trinajstić information content (AvgIpc) is 2.29. The molecule has 0 bridgehead atoms. The Morgan fingerprint density at radius 2 is 1.88 bits per heavy atom. The molecular formula is C13H12Cl2O. The van der Waals surface area contributed by atoms with Crippen molar-refractivity contribution in [2.24, 2.45) is 0 Å². The van der Waals surface area contributed by atoms with Crippen LogP contribution in [0.4, 0.5) is 0 Å². The molecule has 3 heteroatoms. The molecule has 0 radical (unpaired) electrons. The fraction of sp³-hybridized carbons (Fsp3) is 0.231. The molecule has 0 aliphatic heterocycles. The van der Waals surface area contributed by atoms with Crippen molar-refractivity contribution >= 4 is 23.2 Å². The fourth-order valence-corrected chi connectivity index (χ4v) is 1.92. The lowest BCUT2D eigenvalue weighted by molar-refractivity contribution is 0.219. The Bertz CT molecular complexity index is 421. The van der Waals surface area contributed by atoms with Crippen LogP contribution in [0.5, 0.6) is 0 Å². The van der Waals surface area contributed by atoms with Crippen molar-refractivity contribution in [2.75, 3.05) is 0 Å². The summed E-state index contributed by atoms with van der Waals surface area (Å²) in [5, 5.41) is 10.1. The molecule has 0 saturated heterocycles. The predicted octanol–water partition coefficient (Wildman–Crippen LogP) is 3.78. The highest BCUT2D eigenvalue weighted by Crippen LogP contribution is 2.35. The van der Waals surface area contributed by atoms with E-state index < -0.39 is 10.4 Å². The third-order valence-electron chi connectivity index (χ3n) is 2.56. The van der Waals surface area contributed by atoms with Crippen molar-refractivity contribution < 1.29 is 5.11 Å². The minimum absolute atomic E-state index is 0.520. The van der Waals surface area contributed by atoms with Crippen molar-refractivity contribution in [1.82, 2.24) is 0 Å². The molecule has 1 aromatic carbocycles. The van der Waals surface area contributed by atoms with E-state index in [1.54, 1.807) is 12.2 Å². The zero-order valence-corrected chi connectivity index (χ0v) is 10.1. The van der Waals surface area contributed by atoms with Gasteiger partial charge in [0.2, 0.25) is 0 Å². The lowest BCUT2D eigenvalue weighted by atomic mass is 9.96. The lowest BCUT2D eigenvalue weighted by Crippen LogP contribution is -2.12. The maximum Gasteiger partial charge on any atom is 0.140 e. The van der Waals surface area contributed by atoms with Crippen LogP contribution in [0.2, 0.25) is 0 Å². The Morgan fingerprint density at radius 3 is 2.44 bits per heavy atom. The molecule has 2 rings (SSSR count). The van der Waals surface area contributed by atoms with Gasteiger partial charge in [0.1, 0.15) is 10.4 Å². The average molecular weight is 255 g/mol. The van der Waals surface area contributed by atoms with Crippen LogP contribution in [0.25, 0.3) is 0 Å². The van der Waals surface area contributed by atoms with Crippen molar-refractivity contribution in [3.63, 3.8) is 0 Å². The van der Waals surface area contributed by atoms with Gasteiger partial charge < -0.3 is 5.11 Å². The van der Waals surface area contributed by atoms with Crippen LogP contribution in [0, 0.1) is 0 Å². The van der Waals surface area contributed by atoms with Gasteiger partial charge in [-0.15, -0.1) is 0 Å². The Morgan fingerprint density at radius 1 is 1.19 bits per heavy atom. The third-order valence-corrected chi connectivity index (χ3v) is 3.12. The van der Waals surface area contributed by atoms with E-state index in [-0.39, 0.29) is 0 Å². The molecule has 1 atom stereocenters. The summed E-state index contributed by atoms with van der Waals surface area (Å²) in [4.78, 5) is 0. The van der Waals surface area contributed by atoms with E-state index in [0.29, 0.717) is 6.42 Å². The second-order valence-electron chi connectivity index (χ2n) is 3.82. The number of hydrogen-bond donors (Lipinski definition) is 1. The standard InChI is InChI=1S/C13H12Cl2O/c14-13(15)8-6-11(7-9-13)12(16)10-4-2-1-3-5-10/h1-8,12,16H,9H2/t12-/m0/s1. The number of benzene rings is 1. The molecule has 0 heterocycles. The van der Waals surface area contributed by atoms with Crippen LogP contribution in [0.15, 0.2) is 54.1 Å². The first-order valence-electron chi connectivity index (χ1n) is 5.09. The van der Waals surface area contributed by atoms with Crippen LogP contribution in [-0.4, -0.2) is 9.44 Å². The number of aliphatic hydroxyl groups excluding tert-OH is 1. The molecule has 0 spiro atoms. The predicted molar refractivity (Wildman–Crippen MR) is 67.7 cm³/mol. The summed E-state index contributed by atoms with van der Waals surface area (Å²) in [7, 11) is 0. The summed E-state index contributed by atoms with van der Waals surface area (Å²) < 4.78 is -0.833. The summed E-state index contributed by atoms with van der Waals surface area (Å²) in [5.41, 5.74) is 1.71. The molecular weight excluding hydrogens is 243 g/mol. The Kier molecular flexibility index (Phi) is 3.38. The molecule has 1 N–H and O–H groups in total. The van der Waals surface area contributed by atoms with E-state index in [2.05, 4.69) is 0 Å². The first kappa shape index (κ1) is 11.7. The molecule has 0 amide bonds. The van der Waals surface area contributed by atoms with E-state index in [1.807, 2.05) is 36.4 Å². The summed E-state index contributed by atoms with van der Waals surface area (Å²) in [6.07, 6.45) is 5.27. The van der Waals surface area contributed by atoms with Gasteiger partial charge in [0, 0.05) is 6.42 Å². The van der Waals surface area contributed by atoms with Gasteiger partial charge in [0.25, 0.3) is 0 Å². The SMILES string of the molecule is O[C@H](C1=CCC(Cl)(Cl)C=C1)c1ccccc1. The quantitative estimate of drug-likeness (QED) is 0.797. The maximum absolute atomic E-state index is 10.1. The molecule has 1 aliphatic carbocycles. The molecule has 1 aliphatic rings. The van der Waals surface area contributed by atoms with Gasteiger partial charge in [-0.2, -0.15) is 0 Å². The summed E-state index contributed by atoms with van der Waals surface area (Å²) in [6, 6.07) is 9.51. The van der Waals surface area contributed by atoms with Gasteiger partial charge in [0.05, 0.1) is 0 Å². The molecule has 1 aromatic rings. The second-order valence-corrected chi connectivity index (χ2v) is 5.36. The smallest absolute Gasteiger partial charge is 0.140 e. The van der Waals surface area contributed by atoms with E-state index in [9.17, 15) is 5.11 Å². The van der Waals surface area contributed by atoms with Gasteiger partial charge in [-0.05, 0) is 17.2 Å². The first-order valence-corrected chi connectivity index (χ1v) is 5.84. The molecule has 84 valence electrons. The number of rotatable bonds is 2. The van der Waals surface area contributed by atoms with Gasteiger partial charge >= 0.3 is 0 Å². The minimum Gasteiger partial charge on any atom is -0.384 e. The zero-order chi connectivity index (χ0) is 11.6. The number of alkyl halides is 2. The monoisotopic (exact) mass is 254 g/mol. The number of hydrogen-bond acceptors (Lipinski definition) is 1. The van der Waals surface area contributed by atoms with E-state index in [0.717, 1.165) is 11.1 Å². The van der Waals surface area contributed by atoms with Crippen molar-refractivity contribution in [1.29, 1.82) is 0 Å². The highest BCUT2D eigenvalue weighted by atomic mass is 35.5. The topological polar surface area (TPSA) is 20.2 Å².